The molecule has 0 N–H and O–H groups in total. The van der Waals surface area contributed by atoms with E-state index >= 15 is 0 Å². The Bertz CT molecular complexity index is 689. The topological polar surface area (TPSA) is 68.6 Å². The zero-order valence-corrected chi connectivity index (χ0v) is 12.8. The minimum absolute atomic E-state index is 0.147. The van der Waals surface area contributed by atoms with E-state index in [9.17, 15) is 4.79 Å². The molecule has 0 fully saturated rings. The lowest BCUT2D eigenvalue weighted by molar-refractivity contribution is -0.145. The molecule has 2 aromatic carbocycles. The van der Waals surface area contributed by atoms with Crippen LogP contribution in [0, 0.1) is 11.3 Å². The van der Waals surface area contributed by atoms with Crippen molar-refractivity contribution in [2.75, 3.05) is 13.7 Å². The van der Waals surface area contributed by atoms with Crippen molar-refractivity contribution >= 4 is 5.97 Å². The molecule has 0 unspecified atom stereocenters. The van der Waals surface area contributed by atoms with Crippen molar-refractivity contribution in [3.8, 4) is 17.6 Å². The molecule has 0 aliphatic rings. The van der Waals surface area contributed by atoms with Gasteiger partial charge < -0.3 is 14.2 Å². The van der Waals surface area contributed by atoms with Crippen molar-refractivity contribution in [2.45, 2.75) is 13.0 Å². The lowest BCUT2D eigenvalue weighted by atomic mass is 10.2. The van der Waals surface area contributed by atoms with Crippen LogP contribution in [0.4, 0.5) is 0 Å². The Morgan fingerprint density at radius 3 is 2.43 bits per heavy atom. The number of esters is 1. The summed E-state index contributed by atoms with van der Waals surface area (Å²) in [6.07, 6.45) is 0.147. The number of carbonyl (C=O) groups is 1. The summed E-state index contributed by atoms with van der Waals surface area (Å²) in [4.78, 5) is 11.7. The Balaban J connectivity index is 1.73. The van der Waals surface area contributed by atoms with Gasteiger partial charge in [0.15, 0.2) is 11.5 Å². The van der Waals surface area contributed by atoms with Crippen LogP contribution < -0.4 is 9.47 Å². The fourth-order valence-electron chi connectivity index (χ4n) is 1.89. The predicted octanol–water partition coefficient (Wildman–Crippen LogP) is 3.08. The Hall–Kier alpha value is -3.00. The maximum Gasteiger partial charge on any atom is 0.309 e. The number of nitrogens with zero attached hydrogens (tertiary/aromatic N) is 1. The van der Waals surface area contributed by atoms with E-state index in [1.54, 1.807) is 43.5 Å². The van der Waals surface area contributed by atoms with Crippen LogP contribution in [0.5, 0.6) is 11.5 Å². The van der Waals surface area contributed by atoms with E-state index in [0.717, 1.165) is 5.56 Å². The molecule has 0 heterocycles. The van der Waals surface area contributed by atoms with Gasteiger partial charge in [-0.05, 0) is 29.8 Å². The number of benzene rings is 2. The second-order valence-corrected chi connectivity index (χ2v) is 4.72. The highest BCUT2D eigenvalue weighted by Crippen LogP contribution is 2.25. The maximum absolute atomic E-state index is 11.7. The van der Waals surface area contributed by atoms with Crippen LogP contribution in [0.25, 0.3) is 0 Å². The predicted molar refractivity (Wildman–Crippen MR) is 84.1 cm³/mol. The van der Waals surface area contributed by atoms with E-state index in [-0.39, 0.29) is 25.6 Å². The van der Waals surface area contributed by atoms with E-state index in [1.807, 2.05) is 18.2 Å². The highest BCUT2D eigenvalue weighted by molar-refractivity contribution is 5.69. The fourth-order valence-corrected chi connectivity index (χ4v) is 1.89. The molecule has 0 aliphatic heterocycles. The van der Waals surface area contributed by atoms with Crippen LogP contribution >= 0.6 is 0 Å². The molecule has 0 bridgehead atoms. The molecule has 0 spiro atoms. The molecule has 0 saturated carbocycles. The van der Waals surface area contributed by atoms with Gasteiger partial charge in [0.2, 0.25) is 0 Å². The number of rotatable bonds is 7. The van der Waals surface area contributed by atoms with Gasteiger partial charge in [-0.2, -0.15) is 5.26 Å². The smallest absolute Gasteiger partial charge is 0.309 e. The summed E-state index contributed by atoms with van der Waals surface area (Å²) in [5.41, 5.74) is 1.41. The number of hydrogen-bond acceptors (Lipinski definition) is 5. The van der Waals surface area contributed by atoms with Crippen molar-refractivity contribution in [1.29, 1.82) is 5.26 Å². The van der Waals surface area contributed by atoms with Crippen molar-refractivity contribution in [3.05, 3.63) is 59.7 Å². The molecule has 2 aromatic rings. The van der Waals surface area contributed by atoms with Crippen molar-refractivity contribution in [1.82, 2.24) is 0 Å². The summed E-state index contributed by atoms with van der Waals surface area (Å²) in [5.74, 6) is 0.873. The summed E-state index contributed by atoms with van der Waals surface area (Å²) in [6.45, 7) is 0.395. The highest BCUT2D eigenvalue weighted by atomic mass is 16.5. The van der Waals surface area contributed by atoms with Gasteiger partial charge in [-0.15, -0.1) is 0 Å². The zero-order chi connectivity index (χ0) is 16.5. The summed E-state index contributed by atoms with van der Waals surface area (Å²) >= 11 is 0. The van der Waals surface area contributed by atoms with Crippen LogP contribution in [-0.2, 0) is 16.1 Å². The summed E-state index contributed by atoms with van der Waals surface area (Å²) in [7, 11) is 1.56. The first kappa shape index (κ1) is 16.4. The highest BCUT2D eigenvalue weighted by Gasteiger charge is 2.07. The van der Waals surface area contributed by atoms with Crippen molar-refractivity contribution < 1.29 is 19.0 Å². The van der Waals surface area contributed by atoms with Crippen LogP contribution in [0.15, 0.2) is 48.5 Å². The van der Waals surface area contributed by atoms with Gasteiger partial charge >= 0.3 is 5.97 Å². The van der Waals surface area contributed by atoms with Crippen molar-refractivity contribution in [2.24, 2.45) is 0 Å². The van der Waals surface area contributed by atoms with Crippen LogP contribution in [0.1, 0.15) is 17.5 Å². The Labute approximate surface area is 135 Å². The van der Waals surface area contributed by atoms with E-state index in [0.29, 0.717) is 17.1 Å². The second kappa shape index (κ2) is 8.44. The summed E-state index contributed by atoms with van der Waals surface area (Å²) in [5, 5.41) is 8.72. The molecule has 0 saturated heterocycles. The van der Waals surface area contributed by atoms with E-state index in [4.69, 9.17) is 19.5 Å². The molecular formula is C18H17NO4. The third-order valence-corrected chi connectivity index (χ3v) is 3.12. The molecule has 0 radical (unpaired) electrons. The number of methoxy groups -OCH3 is 1. The minimum atomic E-state index is -0.343. The van der Waals surface area contributed by atoms with Crippen LogP contribution in [0.2, 0.25) is 0 Å². The quantitative estimate of drug-likeness (QED) is 0.735. The molecule has 118 valence electrons. The number of hydrogen-bond donors (Lipinski definition) is 0. The van der Waals surface area contributed by atoms with Gasteiger partial charge in [0.1, 0.15) is 6.61 Å². The number of para-hydroxylation sites is 2. The molecular weight excluding hydrogens is 294 g/mol. The lowest BCUT2D eigenvalue weighted by Crippen LogP contribution is -2.10. The van der Waals surface area contributed by atoms with E-state index in [2.05, 4.69) is 0 Å². The normalized spacial score (nSPS) is 9.74. The average molecular weight is 311 g/mol. The first-order chi connectivity index (χ1) is 11.2. The SMILES string of the molecule is COc1ccccc1OCCC(=O)OCc1ccc(C#N)cc1. The number of nitriles is 1. The van der Waals surface area contributed by atoms with Gasteiger partial charge in [-0.25, -0.2) is 0 Å². The Morgan fingerprint density at radius 2 is 1.78 bits per heavy atom. The Kier molecular flexibility index (Phi) is 6.01. The fraction of sp³-hybridized carbons (Fsp3) is 0.222. The van der Waals surface area contributed by atoms with Crippen molar-refractivity contribution in [3.63, 3.8) is 0 Å². The average Bonchev–Trinajstić information content (AvgIpc) is 2.61. The monoisotopic (exact) mass is 311 g/mol. The van der Waals surface area contributed by atoms with Crippen LogP contribution in [-0.4, -0.2) is 19.7 Å². The largest absolute Gasteiger partial charge is 0.493 e. The Morgan fingerprint density at radius 1 is 1.09 bits per heavy atom. The molecule has 23 heavy (non-hydrogen) atoms. The van der Waals surface area contributed by atoms with Crippen LogP contribution in [0.3, 0.4) is 0 Å². The standard InChI is InChI=1S/C18H17NO4/c1-21-16-4-2-3-5-17(16)22-11-10-18(20)23-13-15-8-6-14(12-19)7-9-15/h2-9H,10-11,13H2,1H3. The molecule has 5 heteroatoms. The third-order valence-electron chi connectivity index (χ3n) is 3.12. The molecule has 5 nitrogen and oxygen atoms in total. The minimum Gasteiger partial charge on any atom is -0.493 e. The maximum atomic E-state index is 11.7. The second-order valence-electron chi connectivity index (χ2n) is 4.72. The molecule has 0 aromatic heterocycles. The van der Waals surface area contributed by atoms with Gasteiger partial charge in [0, 0.05) is 0 Å². The first-order valence-corrected chi connectivity index (χ1v) is 7.13. The number of ether oxygens (including phenoxy) is 3. The summed E-state index contributed by atoms with van der Waals surface area (Å²) < 4.78 is 15.8. The summed E-state index contributed by atoms with van der Waals surface area (Å²) in [6, 6.07) is 16.2. The third kappa shape index (κ3) is 5.04. The molecule has 2 rings (SSSR count). The van der Waals surface area contributed by atoms with Gasteiger partial charge in [-0.3, -0.25) is 4.79 Å². The van der Waals surface area contributed by atoms with E-state index < -0.39 is 0 Å². The van der Waals surface area contributed by atoms with Gasteiger partial charge in [-0.1, -0.05) is 24.3 Å². The van der Waals surface area contributed by atoms with Gasteiger partial charge in [0.05, 0.1) is 31.8 Å². The molecule has 0 amide bonds. The lowest BCUT2D eigenvalue weighted by Gasteiger charge is -2.10. The van der Waals surface area contributed by atoms with E-state index in [1.165, 1.54) is 0 Å². The molecule has 0 aliphatic carbocycles. The van der Waals surface area contributed by atoms with Gasteiger partial charge in [0.25, 0.3) is 0 Å². The first-order valence-electron chi connectivity index (χ1n) is 7.13. The zero-order valence-electron chi connectivity index (χ0n) is 12.8. The molecule has 0 atom stereocenters. The number of carbonyl (C=O) groups excluding carboxylic acids is 1.